The van der Waals surface area contributed by atoms with Crippen LogP contribution in [0.1, 0.15) is 28.5 Å². The van der Waals surface area contributed by atoms with Crippen molar-refractivity contribution in [3.05, 3.63) is 51.7 Å². The van der Waals surface area contributed by atoms with E-state index < -0.39 is 10.0 Å². The first-order chi connectivity index (χ1) is 12.5. The second kappa shape index (κ2) is 8.30. The molecule has 2 heterocycles. The number of benzene rings is 1. The van der Waals surface area contributed by atoms with Gasteiger partial charge in [-0.2, -0.15) is 0 Å². The summed E-state index contributed by atoms with van der Waals surface area (Å²) in [5.41, 5.74) is 2.25. The van der Waals surface area contributed by atoms with Crippen LogP contribution in [-0.2, 0) is 26.0 Å². The SMILES string of the molecule is Cc1ccc(S(=O)(=O)NCCNC(=O)C[C@@H]2OCCc3ccsc32)cc1. The minimum Gasteiger partial charge on any atom is -0.372 e. The average molecular weight is 395 g/mol. The lowest BCUT2D eigenvalue weighted by atomic mass is 10.1. The Morgan fingerprint density at radius 1 is 1.23 bits per heavy atom. The van der Waals surface area contributed by atoms with E-state index in [4.69, 9.17) is 4.74 Å². The fraction of sp³-hybridized carbons (Fsp3) is 0.389. The molecule has 0 aliphatic carbocycles. The van der Waals surface area contributed by atoms with Gasteiger partial charge in [0.2, 0.25) is 15.9 Å². The van der Waals surface area contributed by atoms with E-state index in [0.717, 1.165) is 16.9 Å². The molecule has 6 nitrogen and oxygen atoms in total. The van der Waals surface area contributed by atoms with Crippen LogP contribution >= 0.6 is 11.3 Å². The van der Waals surface area contributed by atoms with Gasteiger partial charge in [0.15, 0.2) is 0 Å². The monoisotopic (exact) mass is 394 g/mol. The van der Waals surface area contributed by atoms with Crippen LogP contribution in [0, 0.1) is 6.92 Å². The molecule has 0 unspecified atom stereocenters. The Hall–Kier alpha value is -1.74. The normalized spacial score (nSPS) is 16.9. The Kier molecular flexibility index (Phi) is 6.08. The van der Waals surface area contributed by atoms with Crippen molar-refractivity contribution in [1.82, 2.24) is 10.0 Å². The van der Waals surface area contributed by atoms with E-state index in [1.54, 1.807) is 35.6 Å². The average Bonchev–Trinajstić information content (AvgIpc) is 3.09. The van der Waals surface area contributed by atoms with E-state index >= 15 is 0 Å². The van der Waals surface area contributed by atoms with Gasteiger partial charge in [0.05, 0.1) is 17.9 Å². The van der Waals surface area contributed by atoms with Crippen molar-refractivity contribution in [2.24, 2.45) is 0 Å². The van der Waals surface area contributed by atoms with Gasteiger partial charge in [-0.1, -0.05) is 17.7 Å². The summed E-state index contributed by atoms with van der Waals surface area (Å²) in [6.07, 6.45) is 0.929. The Balaban J connectivity index is 1.44. The smallest absolute Gasteiger partial charge is 0.240 e. The van der Waals surface area contributed by atoms with Crippen molar-refractivity contribution in [3.63, 3.8) is 0 Å². The molecule has 1 amide bonds. The van der Waals surface area contributed by atoms with Gasteiger partial charge in [-0.05, 0) is 42.5 Å². The summed E-state index contributed by atoms with van der Waals surface area (Å²) in [7, 11) is -3.56. The van der Waals surface area contributed by atoms with Gasteiger partial charge in [0, 0.05) is 18.0 Å². The maximum absolute atomic E-state index is 12.2. The molecule has 0 radical (unpaired) electrons. The number of nitrogens with one attached hydrogen (secondary N) is 2. The largest absolute Gasteiger partial charge is 0.372 e. The minimum absolute atomic E-state index is 0.137. The molecule has 1 aliphatic heterocycles. The molecule has 1 atom stereocenters. The highest BCUT2D eigenvalue weighted by Crippen LogP contribution is 2.33. The van der Waals surface area contributed by atoms with Gasteiger partial charge in [0.25, 0.3) is 0 Å². The number of amides is 1. The highest BCUT2D eigenvalue weighted by molar-refractivity contribution is 7.89. The van der Waals surface area contributed by atoms with Crippen LogP contribution in [0.15, 0.2) is 40.6 Å². The molecule has 8 heteroatoms. The van der Waals surface area contributed by atoms with E-state index in [1.165, 1.54) is 5.56 Å². The molecule has 0 saturated heterocycles. The highest BCUT2D eigenvalue weighted by Gasteiger charge is 2.24. The molecule has 2 aromatic rings. The lowest BCUT2D eigenvalue weighted by molar-refractivity contribution is -0.124. The quantitative estimate of drug-likeness (QED) is 0.705. The zero-order chi connectivity index (χ0) is 18.6. The molecule has 2 N–H and O–H groups in total. The van der Waals surface area contributed by atoms with Crippen LogP contribution in [0.4, 0.5) is 0 Å². The minimum atomic E-state index is -3.56. The number of ether oxygens (including phenoxy) is 1. The van der Waals surface area contributed by atoms with Gasteiger partial charge < -0.3 is 10.1 Å². The van der Waals surface area contributed by atoms with Crippen LogP contribution in [0.25, 0.3) is 0 Å². The highest BCUT2D eigenvalue weighted by atomic mass is 32.2. The maximum atomic E-state index is 12.2. The number of rotatable bonds is 7. The lowest BCUT2D eigenvalue weighted by Crippen LogP contribution is -2.35. The molecule has 26 heavy (non-hydrogen) atoms. The molecule has 0 saturated carbocycles. The Bertz CT molecular complexity index is 860. The third kappa shape index (κ3) is 4.70. The second-order valence-electron chi connectivity index (χ2n) is 6.18. The van der Waals surface area contributed by atoms with Crippen molar-refractivity contribution in [2.75, 3.05) is 19.7 Å². The molecule has 1 aromatic heterocycles. The van der Waals surface area contributed by atoms with Crippen molar-refractivity contribution in [1.29, 1.82) is 0 Å². The van der Waals surface area contributed by atoms with Gasteiger partial charge >= 0.3 is 0 Å². The van der Waals surface area contributed by atoms with Crippen LogP contribution in [-0.4, -0.2) is 34.0 Å². The number of hydrogen-bond acceptors (Lipinski definition) is 5. The molecule has 140 valence electrons. The first kappa shape index (κ1) is 19.0. The summed E-state index contributed by atoms with van der Waals surface area (Å²) in [5.74, 6) is -0.147. The summed E-state index contributed by atoms with van der Waals surface area (Å²) in [4.78, 5) is 13.4. The molecule has 0 spiro atoms. The Morgan fingerprint density at radius 2 is 2.00 bits per heavy atom. The van der Waals surface area contributed by atoms with Gasteiger partial charge in [-0.25, -0.2) is 13.1 Å². The summed E-state index contributed by atoms with van der Waals surface area (Å²) < 4.78 is 32.5. The molecular formula is C18H22N2O4S2. The van der Waals surface area contributed by atoms with Crippen molar-refractivity contribution >= 4 is 27.3 Å². The van der Waals surface area contributed by atoms with Gasteiger partial charge in [-0.3, -0.25) is 4.79 Å². The fourth-order valence-corrected chi connectivity index (χ4v) is 4.84. The Labute approximate surface area is 157 Å². The predicted octanol–water partition coefficient (Wildman–Crippen LogP) is 2.16. The number of carbonyl (C=O) groups is 1. The topological polar surface area (TPSA) is 84.5 Å². The first-order valence-corrected chi connectivity index (χ1v) is 10.8. The van der Waals surface area contributed by atoms with E-state index in [1.807, 2.05) is 12.3 Å². The van der Waals surface area contributed by atoms with Crippen LogP contribution in [0.5, 0.6) is 0 Å². The zero-order valence-corrected chi connectivity index (χ0v) is 16.2. The summed E-state index contributed by atoms with van der Waals surface area (Å²) >= 11 is 1.61. The number of sulfonamides is 1. The molecule has 3 rings (SSSR count). The molecule has 1 aromatic carbocycles. The van der Waals surface area contributed by atoms with Crippen molar-refractivity contribution in [2.45, 2.75) is 30.8 Å². The van der Waals surface area contributed by atoms with Gasteiger partial charge in [0.1, 0.15) is 6.10 Å². The third-order valence-electron chi connectivity index (χ3n) is 4.20. The van der Waals surface area contributed by atoms with E-state index in [9.17, 15) is 13.2 Å². The number of carbonyl (C=O) groups excluding carboxylic acids is 1. The first-order valence-electron chi connectivity index (χ1n) is 8.46. The standard InChI is InChI=1S/C18H22N2O4S2/c1-13-2-4-15(5-3-13)26(22,23)20-9-8-19-17(21)12-16-18-14(6-10-24-16)7-11-25-18/h2-5,7,11,16,20H,6,8-10,12H2,1H3,(H,19,21)/t16-/m0/s1. The zero-order valence-electron chi connectivity index (χ0n) is 14.5. The summed E-state index contributed by atoms with van der Waals surface area (Å²) in [6.45, 7) is 2.89. The number of aryl methyl sites for hydroxylation is 1. The Morgan fingerprint density at radius 3 is 2.77 bits per heavy atom. The fourth-order valence-electron chi connectivity index (χ4n) is 2.80. The number of fused-ring (bicyclic) bond motifs is 1. The van der Waals surface area contributed by atoms with Crippen LogP contribution < -0.4 is 10.0 Å². The van der Waals surface area contributed by atoms with Crippen molar-refractivity contribution < 1.29 is 17.9 Å². The number of hydrogen-bond donors (Lipinski definition) is 2. The second-order valence-corrected chi connectivity index (χ2v) is 8.90. The lowest BCUT2D eigenvalue weighted by Gasteiger charge is -2.22. The predicted molar refractivity (Wildman–Crippen MR) is 101 cm³/mol. The van der Waals surface area contributed by atoms with Crippen LogP contribution in [0.3, 0.4) is 0 Å². The molecule has 0 fully saturated rings. The van der Waals surface area contributed by atoms with Gasteiger partial charge in [-0.15, -0.1) is 11.3 Å². The third-order valence-corrected chi connectivity index (χ3v) is 6.73. The van der Waals surface area contributed by atoms with E-state index in [-0.39, 0.29) is 36.4 Å². The van der Waals surface area contributed by atoms with E-state index in [2.05, 4.69) is 16.1 Å². The molecular weight excluding hydrogens is 372 g/mol. The summed E-state index contributed by atoms with van der Waals surface area (Å²) in [5, 5.41) is 4.76. The maximum Gasteiger partial charge on any atom is 0.240 e. The van der Waals surface area contributed by atoms with E-state index in [0.29, 0.717) is 6.61 Å². The van der Waals surface area contributed by atoms with Crippen molar-refractivity contribution in [3.8, 4) is 0 Å². The summed E-state index contributed by atoms with van der Waals surface area (Å²) in [6, 6.07) is 8.70. The van der Waals surface area contributed by atoms with Crippen LogP contribution in [0.2, 0.25) is 0 Å². The number of thiophene rings is 1. The molecule has 0 bridgehead atoms. The molecule has 1 aliphatic rings.